The van der Waals surface area contributed by atoms with E-state index >= 15 is 0 Å². The average molecular weight is 403 g/mol. The third kappa shape index (κ3) is 5.60. The normalized spacial score (nSPS) is 18.1. The van der Waals surface area contributed by atoms with Crippen molar-refractivity contribution in [1.29, 1.82) is 0 Å². The molecule has 0 atom stereocenters. The molecule has 27 heavy (non-hydrogen) atoms. The van der Waals surface area contributed by atoms with Crippen LogP contribution in [0.4, 0.5) is 8.78 Å². The number of piperazine rings is 2. The molecule has 0 radical (unpaired) electrons. The van der Waals surface area contributed by atoms with Gasteiger partial charge < -0.3 is 15.1 Å². The Morgan fingerprint density at radius 2 is 1.63 bits per heavy atom. The molecule has 9 heteroatoms. The summed E-state index contributed by atoms with van der Waals surface area (Å²) in [5.74, 6) is -1.78. The van der Waals surface area contributed by atoms with Gasteiger partial charge in [0, 0.05) is 71.4 Å². The minimum atomic E-state index is -0.834. The smallest absolute Gasteiger partial charge is 0.256 e. The summed E-state index contributed by atoms with van der Waals surface area (Å²) in [5, 5.41) is 3.22. The van der Waals surface area contributed by atoms with Gasteiger partial charge in [-0.15, -0.1) is 12.4 Å². The van der Waals surface area contributed by atoms with Crippen molar-refractivity contribution in [1.82, 2.24) is 20.0 Å². The van der Waals surface area contributed by atoms with Crippen molar-refractivity contribution in [3.8, 4) is 0 Å². The van der Waals surface area contributed by atoms with Gasteiger partial charge in [0.05, 0.1) is 5.56 Å². The molecule has 0 spiro atoms. The van der Waals surface area contributed by atoms with E-state index in [0.717, 1.165) is 38.3 Å². The summed E-state index contributed by atoms with van der Waals surface area (Å²) < 4.78 is 26.8. The van der Waals surface area contributed by atoms with Crippen LogP contribution in [-0.4, -0.2) is 85.4 Å². The molecule has 1 N–H and O–H groups in total. The number of carbonyl (C=O) groups is 2. The van der Waals surface area contributed by atoms with E-state index in [0.29, 0.717) is 39.1 Å². The Bertz CT molecular complexity index is 663. The first-order valence-corrected chi connectivity index (χ1v) is 9.00. The standard InChI is InChI=1S/C18H24F2N4O2.ClH/c19-14-1-2-15(16(20)13-14)18(26)24-11-9-22(10-12-24)6-3-17(25)23-7-4-21-5-8-23;/h1-2,13,21H,3-12H2;1H. The van der Waals surface area contributed by atoms with E-state index in [1.54, 1.807) is 4.90 Å². The van der Waals surface area contributed by atoms with Crippen molar-refractivity contribution in [3.63, 3.8) is 0 Å². The molecule has 0 aliphatic carbocycles. The van der Waals surface area contributed by atoms with E-state index in [2.05, 4.69) is 10.2 Å². The van der Waals surface area contributed by atoms with Crippen molar-refractivity contribution < 1.29 is 18.4 Å². The van der Waals surface area contributed by atoms with Gasteiger partial charge in [-0.3, -0.25) is 14.5 Å². The number of rotatable bonds is 4. The van der Waals surface area contributed by atoms with Crippen LogP contribution in [-0.2, 0) is 4.79 Å². The zero-order valence-electron chi connectivity index (χ0n) is 15.1. The molecule has 1 aromatic rings. The monoisotopic (exact) mass is 402 g/mol. The predicted octanol–water partition coefficient (Wildman–Crippen LogP) is 0.966. The fraction of sp³-hybridized carbons (Fsp3) is 0.556. The van der Waals surface area contributed by atoms with Gasteiger partial charge in [0.1, 0.15) is 11.6 Å². The minimum Gasteiger partial charge on any atom is -0.340 e. The van der Waals surface area contributed by atoms with Crippen molar-refractivity contribution in [3.05, 3.63) is 35.4 Å². The SMILES string of the molecule is Cl.O=C(CCN1CCN(C(=O)c2ccc(F)cc2F)CC1)N1CCNCC1. The molecule has 2 amide bonds. The number of hydrogen-bond donors (Lipinski definition) is 1. The zero-order chi connectivity index (χ0) is 18.5. The third-order valence-corrected chi connectivity index (χ3v) is 4.93. The van der Waals surface area contributed by atoms with Gasteiger partial charge >= 0.3 is 0 Å². The highest BCUT2D eigenvalue weighted by atomic mass is 35.5. The lowest BCUT2D eigenvalue weighted by atomic mass is 10.1. The molecule has 0 aromatic heterocycles. The lowest BCUT2D eigenvalue weighted by Gasteiger charge is -2.35. The van der Waals surface area contributed by atoms with Crippen LogP contribution in [0.25, 0.3) is 0 Å². The van der Waals surface area contributed by atoms with Gasteiger partial charge in [0.25, 0.3) is 5.91 Å². The highest BCUT2D eigenvalue weighted by molar-refractivity contribution is 5.94. The molecule has 2 aliphatic rings. The number of nitrogens with one attached hydrogen (secondary N) is 1. The van der Waals surface area contributed by atoms with Crippen molar-refractivity contribution in [2.24, 2.45) is 0 Å². The Hall–Kier alpha value is -1.77. The molecule has 150 valence electrons. The maximum Gasteiger partial charge on any atom is 0.256 e. The summed E-state index contributed by atoms with van der Waals surface area (Å²) in [7, 11) is 0. The van der Waals surface area contributed by atoms with Gasteiger partial charge in [-0.05, 0) is 12.1 Å². The van der Waals surface area contributed by atoms with E-state index in [-0.39, 0.29) is 23.9 Å². The summed E-state index contributed by atoms with van der Waals surface area (Å²) >= 11 is 0. The Labute approximate surface area is 163 Å². The maximum atomic E-state index is 13.8. The number of hydrogen-bond acceptors (Lipinski definition) is 4. The molecule has 2 aliphatic heterocycles. The summed E-state index contributed by atoms with van der Waals surface area (Å²) in [6.07, 6.45) is 0.473. The molecule has 3 rings (SSSR count). The van der Waals surface area contributed by atoms with E-state index in [1.165, 1.54) is 6.07 Å². The van der Waals surface area contributed by atoms with Gasteiger partial charge in [0.2, 0.25) is 5.91 Å². The number of amides is 2. The molecule has 2 heterocycles. The van der Waals surface area contributed by atoms with Crippen LogP contribution in [0.2, 0.25) is 0 Å². The zero-order valence-corrected chi connectivity index (χ0v) is 15.9. The first-order chi connectivity index (χ1) is 12.5. The van der Waals surface area contributed by atoms with Gasteiger partial charge in [0.15, 0.2) is 0 Å². The molecular formula is C18H25ClF2N4O2. The Kier molecular flexibility index (Phi) is 7.94. The molecule has 0 unspecified atom stereocenters. The third-order valence-electron chi connectivity index (χ3n) is 4.93. The molecule has 6 nitrogen and oxygen atoms in total. The molecule has 2 saturated heterocycles. The minimum absolute atomic E-state index is 0. The van der Waals surface area contributed by atoms with Crippen LogP contribution in [0.1, 0.15) is 16.8 Å². The summed E-state index contributed by atoms with van der Waals surface area (Å²) in [6, 6.07) is 3.00. The number of carbonyl (C=O) groups excluding carboxylic acids is 2. The van der Waals surface area contributed by atoms with Crippen LogP contribution in [0, 0.1) is 11.6 Å². The van der Waals surface area contributed by atoms with Crippen LogP contribution in [0.5, 0.6) is 0 Å². The topological polar surface area (TPSA) is 55.9 Å². The van der Waals surface area contributed by atoms with Crippen LogP contribution < -0.4 is 5.32 Å². The van der Waals surface area contributed by atoms with Gasteiger partial charge in [-0.1, -0.05) is 0 Å². The first-order valence-electron chi connectivity index (χ1n) is 9.00. The van der Waals surface area contributed by atoms with E-state index in [4.69, 9.17) is 0 Å². The summed E-state index contributed by atoms with van der Waals surface area (Å²) in [4.78, 5) is 30.2. The Morgan fingerprint density at radius 1 is 0.963 bits per heavy atom. The fourth-order valence-electron chi connectivity index (χ4n) is 3.33. The molecule has 2 fully saturated rings. The summed E-state index contributed by atoms with van der Waals surface area (Å²) in [5.41, 5.74) is -0.103. The van der Waals surface area contributed by atoms with Gasteiger partial charge in [-0.2, -0.15) is 0 Å². The van der Waals surface area contributed by atoms with Crippen molar-refractivity contribution in [2.45, 2.75) is 6.42 Å². The van der Waals surface area contributed by atoms with Crippen molar-refractivity contribution >= 4 is 24.2 Å². The molecule has 0 bridgehead atoms. The number of nitrogens with zero attached hydrogens (tertiary/aromatic N) is 3. The highest BCUT2D eigenvalue weighted by Crippen LogP contribution is 2.14. The number of halogens is 3. The van der Waals surface area contributed by atoms with Gasteiger partial charge in [-0.25, -0.2) is 8.78 Å². The molecule has 1 aromatic carbocycles. The van der Waals surface area contributed by atoms with E-state index < -0.39 is 17.5 Å². The van der Waals surface area contributed by atoms with Crippen LogP contribution in [0.3, 0.4) is 0 Å². The average Bonchev–Trinajstić information content (AvgIpc) is 2.67. The lowest BCUT2D eigenvalue weighted by molar-refractivity contribution is -0.132. The van der Waals surface area contributed by atoms with E-state index in [9.17, 15) is 18.4 Å². The second kappa shape index (κ2) is 9.96. The fourth-order valence-corrected chi connectivity index (χ4v) is 3.33. The molecular weight excluding hydrogens is 378 g/mol. The molecule has 0 saturated carbocycles. The van der Waals surface area contributed by atoms with Crippen molar-refractivity contribution in [2.75, 3.05) is 58.9 Å². The maximum absolute atomic E-state index is 13.8. The lowest BCUT2D eigenvalue weighted by Crippen LogP contribution is -2.50. The Balaban J connectivity index is 0.00000261. The second-order valence-corrected chi connectivity index (χ2v) is 6.64. The number of benzene rings is 1. The predicted molar refractivity (Wildman–Crippen MR) is 100 cm³/mol. The highest BCUT2D eigenvalue weighted by Gasteiger charge is 2.25. The Morgan fingerprint density at radius 3 is 2.26 bits per heavy atom. The van der Waals surface area contributed by atoms with Crippen LogP contribution >= 0.6 is 12.4 Å². The largest absolute Gasteiger partial charge is 0.340 e. The van der Waals surface area contributed by atoms with E-state index in [1.807, 2.05) is 4.90 Å². The summed E-state index contributed by atoms with van der Waals surface area (Å²) in [6.45, 7) is 6.07. The second-order valence-electron chi connectivity index (χ2n) is 6.64. The van der Waals surface area contributed by atoms with Crippen LogP contribution in [0.15, 0.2) is 18.2 Å². The quantitative estimate of drug-likeness (QED) is 0.815. The first kappa shape index (κ1) is 21.5.